The van der Waals surface area contributed by atoms with E-state index in [-0.39, 0.29) is 10.0 Å². The molecule has 2 heterocycles. The zero-order chi connectivity index (χ0) is 11.6. The molecule has 0 saturated heterocycles. The van der Waals surface area contributed by atoms with Crippen LogP contribution in [-0.4, -0.2) is 18.6 Å². The number of thiophene rings is 1. The maximum atomic E-state index is 11.8. The number of halogens is 1. The first kappa shape index (κ1) is 11.5. The van der Waals surface area contributed by atoms with Gasteiger partial charge in [-0.25, -0.2) is 8.42 Å². The maximum absolute atomic E-state index is 11.8. The average Bonchev–Trinajstić information content (AvgIpc) is 2.66. The minimum atomic E-state index is -3.56. The van der Waals surface area contributed by atoms with E-state index in [9.17, 15) is 8.42 Å². The van der Waals surface area contributed by atoms with Crippen LogP contribution in [0.3, 0.4) is 0 Å². The molecule has 1 N–H and O–H groups in total. The van der Waals surface area contributed by atoms with Crippen LogP contribution in [0.4, 0.5) is 5.82 Å². The second kappa shape index (κ2) is 4.48. The van der Waals surface area contributed by atoms with Gasteiger partial charge >= 0.3 is 0 Å². The van der Waals surface area contributed by atoms with Gasteiger partial charge in [-0.2, -0.15) is 5.10 Å². The summed E-state index contributed by atoms with van der Waals surface area (Å²) in [5, 5.41) is 7.23. The Morgan fingerprint density at radius 1 is 1.31 bits per heavy atom. The molecule has 0 radical (unpaired) electrons. The molecular weight excluding hydrogens is 314 g/mol. The lowest BCUT2D eigenvalue weighted by atomic mass is 10.6. The van der Waals surface area contributed by atoms with Gasteiger partial charge < -0.3 is 0 Å². The van der Waals surface area contributed by atoms with Gasteiger partial charge in [-0.1, -0.05) is 0 Å². The van der Waals surface area contributed by atoms with Gasteiger partial charge in [0.2, 0.25) is 0 Å². The Hall–Kier alpha value is -0.990. The third-order valence-electron chi connectivity index (χ3n) is 1.62. The second-order valence-electron chi connectivity index (χ2n) is 2.77. The van der Waals surface area contributed by atoms with Crippen molar-refractivity contribution in [2.45, 2.75) is 4.21 Å². The van der Waals surface area contributed by atoms with Crippen molar-refractivity contribution in [2.75, 3.05) is 4.72 Å². The van der Waals surface area contributed by atoms with Crippen molar-refractivity contribution in [2.24, 2.45) is 0 Å². The SMILES string of the molecule is O=S(=O)(Nc1cccnn1)c1ccc(Br)s1. The van der Waals surface area contributed by atoms with E-state index >= 15 is 0 Å². The fraction of sp³-hybridized carbons (Fsp3) is 0. The molecule has 0 atom stereocenters. The Balaban J connectivity index is 2.28. The topological polar surface area (TPSA) is 72.0 Å². The summed E-state index contributed by atoms with van der Waals surface area (Å²) < 4.78 is 27.0. The van der Waals surface area contributed by atoms with Gasteiger partial charge in [0.05, 0.1) is 3.79 Å². The van der Waals surface area contributed by atoms with E-state index < -0.39 is 10.0 Å². The summed E-state index contributed by atoms with van der Waals surface area (Å²) in [6.07, 6.45) is 1.47. The van der Waals surface area contributed by atoms with Crippen LogP contribution in [-0.2, 0) is 10.0 Å². The highest BCUT2D eigenvalue weighted by atomic mass is 79.9. The first-order valence-corrected chi connectivity index (χ1v) is 7.23. The lowest BCUT2D eigenvalue weighted by molar-refractivity contribution is 0.603. The molecule has 16 heavy (non-hydrogen) atoms. The zero-order valence-corrected chi connectivity index (χ0v) is 11.0. The van der Waals surface area contributed by atoms with Gasteiger partial charge in [0.1, 0.15) is 4.21 Å². The molecule has 0 bridgehead atoms. The molecule has 0 saturated carbocycles. The summed E-state index contributed by atoms with van der Waals surface area (Å²) in [4.78, 5) is 0. The molecular formula is C8H6BrN3O2S2. The number of hydrogen-bond acceptors (Lipinski definition) is 5. The number of rotatable bonds is 3. The Morgan fingerprint density at radius 3 is 2.69 bits per heavy atom. The fourth-order valence-electron chi connectivity index (χ4n) is 0.986. The Kier molecular flexibility index (Phi) is 3.22. The van der Waals surface area contributed by atoms with Crippen LogP contribution < -0.4 is 4.72 Å². The number of hydrogen-bond donors (Lipinski definition) is 1. The first-order valence-electron chi connectivity index (χ1n) is 4.14. The standard InChI is InChI=1S/C8H6BrN3O2S2/c9-6-3-4-8(15-6)16(13,14)12-7-2-1-5-10-11-7/h1-5H,(H,11,12). The molecule has 84 valence electrons. The molecule has 0 amide bonds. The molecule has 2 aromatic heterocycles. The lowest BCUT2D eigenvalue weighted by Crippen LogP contribution is -2.12. The Morgan fingerprint density at radius 2 is 2.12 bits per heavy atom. The summed E-state index contributed by atoms with van der Waals surface area (Å²) >= 11 is 4.34. The van der Waals surface area contributed by atoms with Crippen molar-refractivity contribution in [3.63, 3.8) is 0 Å². The van der Waals surface area contributed by atoms with Gasteiger partial charge in [0.15, 0.2) is 5.82 Å². The van der Waals surface area contributed by atoms with Crippen molar-refractivity contribution >= 4 is 43.1 Å². The van der Waals surface area contributed by atoms with Crippen molar-refractivity contribution < 1.29 is 8.42 Å². The van der Waals surface area contributed by atoms with Crippen molar-refractivity contribution in [1.82, 2.24) is 10.2 Å². The Labute approximate surface area is 105 Å². The van der Waals surface area contributed by atoms with Gasteiger partial charge in [-0.3, -0.25) is 4.72 Å². The highest BCUT2D eigenvalue weighted by Gasteiger charge is 2.16. The predicted molar refractivity (Wildman–Crippen MR) is 64.9 cm³/mol. The number of sulfonamides is 1. The normalized spacial score (nSPS) is 11.3. The van der Waals surface area contributed by atoms with Gasteiger partial charge in [0, 0.05) is 6.20 Å². The van der Waals surface area contributed by atoms with E-state index in [2.05, 4.69) is 30.8 Å². The smallest absolute Gasteiger partial charge is 0.261 e. The summed E-state index contributed by atoms with van der Waals surface area (Å²) in [7, 11) is -3.56. The monoisotopic (exact) mass is 319 g/mol. The van der Waals surface area contributed by atoms with Gasteiger partial charge in [-0.05, 0) is 40.2 Å². The molecule has 0 unspecified atom stereocenters. The third-order valence-corrected chi connectivity index (χ3v) is 5.09. The molecule has 2 aromatic rings. The molecule has 8 heteroatoms. The highest BCUT2D eigenvalue weighted by molar-refractivity contribution is 9.11. The second-order valence-corrected chi connectivity index (χ2v) is 7.15. The molecule has 0 spiro atoms. The third kappa shape index (κ3) is 2.57. The van der Waals surface area contributed by atoms with E-state index in [4.69, 9.17) is 0 Å². The van der Waals surface area contributed by atoms with Crippen LogP contribution in [0.2, 0.25) is 0 Å². The number of nitrogens with one attached hydrogen (secondary N) is 1. The van der Waals surface area contributed by atoms with E-state index in [0.717, 1.165) is 15.1 Å². The van der Waals surface area contributed by atoms with E-state index in [0.29, 0.717) is 0 Å². The summed E-state index contributed by atoms with van der Waals surface area (Å²) in [5.74, 6) is 0.201. The number of anilines is 1. The largest absolute Gasteiger partial charge is 0.272 e. The van der Waals surface area contributed by atoms with Crippen LogP contribution in [0.25, 0.3) is 0 Å². The van der Waals surface area contributed by atoms with Crippen molar-refractivity contribution in [3.05, 3.63) is 34.2 Å². The van der Waals surface area contributed by atoms with Crippen molar-refractivity contribution in [1.29, 1.82) is 0 Å². The molecule has 0 aliphatic heterocycles. The summed E-state index contributed by atoms with van der Waals surface area (Å²) in [5.41, 5.74) is 0. The van der Waals surface area contributed by atoms with Gasteiger partial charge in [0.25, 0.3) is 10.0 Å². The molecule has 0 aromatic carbocycles. The maximum Gasteiger partial charge on any atom is 0.272 e. The van der Waals surface area contributed by atoms with Crippen molar-refractivity contribution in [3.8, 4) is 0 Å². The van der Waals surface area contributed by atoms with Crippen LogP contribution in [0, 0.1) is 0 Å². The highest BCUT2D eigenvalue weighted by Crippen LogP contribution is 2.26. The van der Waals surface area contributed by atoms with Gasteiger partial charge in [-0.15, -0.1) is 16.4 Å². The predicted octanol–water partition coefficient (Wildman–Crippen LogP) is 2.10. The van der Waals surface area contributed by atoms with Crippen LogP contribution in [0.5, 0.6) is 0 Å². The van der Waals surface area contributed by atoms with E-state index in [1.165, 1.54) is 18.3 Å². The average molecular weight is 320 g/mol. The fourth-order valence-corrected chi connectivity index (χ4v) is 3.99. The molecule has 0 fully saturated rings. The zero-order valence-electron chi connectivity index (χ0n) is 7.79. The van der Waals surface area contributed by atoms with Crippen LogP contribution in [0.1, 0.15) is 0 Å². The van der Waals surface area contributed by atoms with Crippen LogP contribution >= 0.6 is 27.3 Å². The minimum Gasteiger partial charge on any atom is -0.261 e. The van der Waals surface area contributed by atoms with E-state index in [1.54, 1.807) is 12.1 Å². The molecule has 0 aliphatic rings. The quantitative estimate of drug-likeness (QED) is 0.940. The van der Waals surface area contributed by atoms with E-state index in [1.807, 2.05) is 0 Å². The Bertz CT molecular complexity index is 582. The van der Waals surface area contributed by atoms with Crippen LogP contribution in [0.15, 0.2) is 38.5 Å². The lowest BCUT2D eigenvalue weighted by Gasteiger charge is -2.03. The minimum absolute atomic E-state index is 0.201. The summed E-state index contributed by atoms with van der Waals surface area (Å²) in [6, 6.07) is 6.34. The first-order chi connectivity index (χ1) is 7.58. The summed E-state index contributed by atoms with van der Waals surface area (Å²) in [6.45, 7) is 0. The molecule has 2 rings (SSSR count). The molecule has 5 nitrogen and oxygen atoms in total. The number of nitrogens with zero attached hydrogens (tertiary/aromatic N) is 2. The molecule has 0 aliphatic carbocycles. The number of aromatic nitrogens is 2.